The van der Waals surface area contributed by atoms with E-state index in [1.165, 1.54) is 0 Å². The first kappa shape index (κ1) is 14.0. The zero-order valence-corrected chi connectivity index (χ0v) is 8.77. The summed E-state index contributed by atoms with van der Waals surface area (Å²) in [6.45, 7) is 8.09. The van der Waals surface area contributed by atoms with Crippen molar-refractivity contribution in [3.63, 3.8) is 0 Å². The molecule has 0 aromatic carbocycles. The molecule has 0 aliphatic heterocycles. The van der Waals surface area contributed by atoms with Gasteiger partial charge in [-0.25, -0.2) is 0 Å². The molecule has 0 unspecified atom stereocenters. The fourth-order valence-electron chi connectivity index (χ4n) is 0.425. The van der Waals surface area contributed by atoms with Crippen LogP contribution in [0.3, 0.4) is 0 Å². The normalized spacial score (nSPS) is 10.8. The van der Waals surface area contributed by atoms with Gasteiger partial charge in [0.1, 0.15) is 0 Å². The Kier molecular flexibility index (Phi) is 15.3. The predicted octanol–water partition coefficient (Wildman–Crippen LogP) is 3.52. The third kappa shape index (κ3) is 12.2. The zero-order chi connectivity index (χ0) is 9.82. The molecule has 0 saturated carbocycles. The Morgan fingerprint density at radius 1 is 1.50 bits per heavy atom. The van der Waals surface area contributed by atoms with Crippen LogP contribution in [-0.2, 0) is 4.74 Å². The van der Waals surface area contributed by atoms with Crippen molar-refractivity contribution >= 4 is 11.6 Å². The van der Waals surface area contributed by atoms with Gasteiger partial charge < -0.3 is 4.74 Å². The minimum absolute atomic E-state index is 0.585. The van der Waals surface area contributed by atoms with Crippen molar-refractivity contribution in [3.05, 3.63) is 35.9 Å². The summed E-state index contributed by atoms with van der Waals surface area (Å²) in [5.41, 5.74) is 0. The lowest BCUT2D eigenvalue weighted by molar-refractivity contribution is 0.234. The highest BCUT2D eigenvalue weighted by molar-refractivity contribution is 6.31. The number of ether oxygens (including phenoxy) is 1. The average Bonchev–Trinajstić information content (AvgIpc) is 2.09. The second-order valence-electron chi connectivity index (χ2n) is 1.64. The van der Waals surface area contributed by atoms with Crippen molar-refractivity contribution in [3.8, 4) is 0 Å². The van der Waals surface area contributed by atoms with Gasteiger partial charge in [0.25, 0.3) is 0 Å². The van der Waals surface area contributed by atoms with E-state index in [0.29, 0.717) is 11.6 Å². The van der Waals surface area contributed by atoms with Gasteiger partial charge in [-0.15, -0.1) is 0 Å². The van der Waals surface area contributed by atoms with Crippen molar-refractivity contribution in [1.29, 1.82) is 0 Å². The molecule has 0 amide bonds. The van der Waals surface area contributed by atoms with E-state index in [1.807, 2.05) is 19.9 Å². The van der Waals surface area contributed by atoms with E-state index in [1.54, 1.807) is 25.3 Å². The van der Waals surface area contributed by atoms with Crippen molar-refractivity contribution in [2.45, 2.75) is 13.8 Å². The number of halogens is 1. The number of hydrogen-bond donors (Lipinski definition) is 0. The van der Waals surface area contributed by atoms with Crippen LogP contribution in [0, 0.1) is 0 Å². The molecule has 0 radical (unpaired) electrons. The SMILES string of the molecule is C=C/C=C(Cl)\C=C/COC.CC. The van der Waals surface area contributed by atoms with Crippen LogP contribution in [0.15, 0.2) is 35.9 Å². The van der Waals surface area contributed by atoms with E-state index in [0.717, 1.165) is 0 Å². The van der Waals surface area contributed by atoms with Crippen LogP contribution in [0.5, 0.6) is 0 Å². The van der Waals surface area contributed by atoms with E-state index in [4.69, 9.17) is 16.3 Å². The highest BCUT2D eigenvalue weighted by atomic mass is 35.5. The van der Waals surface area contributed by atoms with Crippen LogP contribution in [0.4, 0.5) is 0 Å². The van der Waals surface area contributed by atoms with Crippen molar-refractivity contribution in [2.24, 2.45) is 0 Å². The molecule has 0 N–H and O–H groups in total. The van der Waals surface area contributed by atoms with Crippen LogP contribution in [0.25, 0.3) is 0 Å². The molecule has 0 spiro atoms. The molecule has 0 aromatic heterocycles. The minimum Gasteiger partial charge on any atom is -0.381 e. The Hall–Kier alpha value is -0.530. The lowest BCUT2D eigenvalue weighted by Gasteiger charge is -1.87. The number of methoxy groups -OCH3 is 1. The third-order valence-electron chi connectivity index (χ3n) is 0.817. The second-order valence-corrected chi connectivity index (χ2v) is 2.08. The van der Waals surface area contributed by atoms with Crippen LogP contribution in [-0.4, -0.2) is 13.7 Å². The average molecular weight is 189 g/mol. The van der Waals surface area contributed by atoms with Crippen LogP contribution in [0.2, 0.25) is 0 Å². The first-order valence-electron chi connectivity index (χ1n) is 3.95. The smallest absolute Gasteiger partial charge is 0.0647 e. The number of allylic oxidation sites excluding steroid dienone is 4. The first-order chi connectivity index (χ1) is 5.81. The van der Waals surface area contributed by atoms with Gasteiger partial charge in [0.15, 0.2) is 0 Å². The molecule has 0 rings (SSSR count). The highest BCUT2D eigenvalue weighted by Crippen LogP contribution is 2.01. The summed E-state index contributed by atoms with van der Waals surface area (Å²) in [5, 5.41) is 0.659. The van der Waals surface area contributed by atoms with Gasteiger partial charge in [0.05, 0.1) is 6.61 Å². The van der Waals surface area contributed by atoms with E-state index in [2.05, 4.69) is 6.58 Å². The lowest BCUT2D eigenvalue weighted by Crippen LogP contribution is -1.79. The van der Waals surface area contributed by atoms with Gasteiger partial charge >= 0.3 is 0 Å². The number of hydrogen-bond acceptors (Lipinski definition) is 1. The van der Waals surface area contributed by atoms with E-state index in [9.17, 15) is 0 Å². The summed E-state index contributed by atoms with van der Waals surface area (Å²) in [6, 6.07) is 0. The van der Waals surface area contributed by atoms with Crippen molar-refractivity contribution < 1.29 is 4.74 Å². The summed E-state index contributed by atoms with van der Waals surface area (Å²) in [6.07, 6.45) is 6.96. The molecule has 0 bridgehead atoms. The molecule has 0 aromatic rings. The lowest BCUT2D eigenvalue weighted by atomic mass is 10.4. The second kappa shape index (κ2) is 13.1. The highest BCUT2D eigenvalue weighted by Gasteiger charge is 1.78. The van der Waals surface area contributed by atoms with Gasteiger partial charge in [0.2, 0.25) is 0 Å². The maximum atomic E-state index is 5.66. The quantitative estimate of drug-likeness (QED) is 0.614. The summed E-state index contributed by atoms with van der Waals surface area (Å²) >= 11 is 5.66. The maximum Gasteiger partial charge on any atom is 0.0647 e. The number of rotatable bonds is 4. The third-order valence-corrected chi connectivity index (χ3v) is 1.07. The maximum absolute atomic E-state index is 5.66. The van der Waals surface area contributed by atoms with Crippen LogP contribution >= 0.6 is 11.6 Å². The summed E-state index contributed by atoms with van der Waals surface area (Å²) in [4.78, 5) is 0. The predicted molar refractivity (Wildman–Crippen MR) is 56.5 cm³/mol. The van der Waals surface area contributed by atoms with E-state index < -0.39 is 0 Å². The van der Waals surface area contributed by atoms with Gasteiger partial charge in [-0.3, -0.25) is 0 Å². The standard InChI is InChI=1S/C8H11ClO.C2H6/c1-3-5-8(9)6-4-7-10-2;1-2/h3-6H,1,7H2,2H3;1-2H3/b6-4-,8-5+;. The summed E-state index contributed by atoms with van der Waals surface area (Å²) < 4.78 is 4.77. The summed E-state index contributed by atoms with van der Waals surface area (Å²) in [5.74, 6) is 0. The molecule has 2 heteroatoms. The topological polar surface area (TPSA) is 9.23 Å². The molecule has 70 valence electrons. The van der Waals surface area contributed by atoms with E-state index in [-0.39, 0.29) is 0 Å². The Labute approximate surface area is 80.4 Å². The molecule has 0 saturated heterocycles. The molecular weight excluding hydrogens is 172 g/mol. The summed E-state index contributed by atoms with van der Waals surface area (Å²) in [7, 11) is 1.63. The fraction of sp³-hybridized carbons (Fsp3) is 0.400. The molecule has 1 nitrogen and oxygen atoms in total. The molecule has 0 atom stereocenters. The van der Waals surface area contributed by atoms with Gasteiger partial charge in [0, 0.05) is 12.1 Å². The van der Waals surface area contributed by atoms with Crippen molar-refractivity contribution in [1.82, 2.24) is 0 Å². The van der Waals surface area contributed by atoms with Crippen molar-refractivity contribution in [2.75, 3.05) is 13.7 Å². The molecule has 12 heavy (non-hydrogen) atoms. The fourth-order valence-corrected chi connectivity index (χ4v) is 0.603. The molecule has 0 aliphatic carbocycles. The Bertz CT molecular complexity index is 148. The Morgan fingerprint density at radius 3 is 2.50 bits per heavy atom. The monoisotopic (exact) mass is 188 g/mol. The largest absolute Gasteiger partial charge is 0.381 e. The minimum atomic E-state index is 0.585. The Balaban J connectivity index is 0. The molecule has 0 aliphatic rings. The van der Waals surface area contributed by atoms with Crippen LogP contribution < -0.4 is 0 Å². The van der Waals surface area contributed by atoms with Gasteiger partial charge in [-0.1, -0.05) is 44.2 Å². The van der Waals surface area contributed by atoms with Gasteiger partial charge in [-0.05, 0) is 12.2 Å². The first-order valence-corrected chi connectivity index (χ1v) is 4.32. The molecule has 0 fully saturated rings. The zero-order valence-electron chi connectivity index (χ0n) is 8.01. The molecular formula is C10H17ClO. The van der Waals surface area contributed by atoms with Crippen LogP contribution in [0.1, 0.15) is 13.8 Å². The van der Waals surface area contributed by atoms with E-state index >= 15 is 0 Å². The Morgan fingerprint density at radius 2 is 2.08 bits per heavy atom. The molecule has 0 heterocycles. The van der Waals surface area contributed by atoms with Gasteiger partial charge in [-0.2, -0.15) is 0 Å².